The molecule has 1 aromatic rings. The monoisotopic (exact) mass is 274 g/mol. The summed E-state index contributed by atoms with van der Waals surface area (Å²) in [7, 11) is 0. The van der Waals surface area contributed by atoms with Crippen LogP contribution in [0.1, 0.15) is 24.5 Å². The molecule has 1 unspecified atom stereocenters. The Morgan fingerprint density at radius 3 is 2.73 bits per heavy atom. The second kappa shape index (κ2) is 5.24. The van der Waals surface area contributed by atoms with Crippen molar-refractivity contribution in [3.8, 4) is 12.3 Å². The summed E-state index contributed by atoms with van der Waals surface area (Å²) in [5.74, 6) is 0.428. The highest BCUT2D eigenvalue weighted by atomic mass is 79.9. The van der Waals surface area contributed by atoms with Crippen LogP contribution >= 0.6 is 15.9 Å². The van der Waals surface area contributed by atoms with Crippen molar-refractivity contribution >= 4 is 15.9 Å². The Bertz CT molecular complexity index is 398. The first-order valence-corrected chi connectivity index (χ1v) is 5.12. The Kier molecular flexibility index (Phi) is 4.25. The zero-order chi connectivity index (χ0) is 11.4. The highest BCUT2D eigenvalue weighted by Crippen LogP contribution is 2.29. The fourth-order valence-electron chi connectivity index (χ4n) is 1.17. The van der Waals surface area contributed by atoms with Crippen LogP contribution in [0.4, 0.5) is 8.78 Å². The molecule has 1 atom stereocenters. The molecule has 0 aliphatic heterocycles. The van der Waals surface area contributed by atoms with Gasteiger partial charge in [0.2, 0.25) is 0 Å². The molecule has 0 fully saturated rings. The first kappa shape index (κ1) is 12.2. The SMILES string of the molecule is C#CCCC(O)c1ccc(F)c(F)c1Br. The average Bonchev–Trinajstić information content (AvgIpc) is 2.23. The zero-order valence-electron chi connectivity index (χ0n) is 7.80. The molecule has 1 aromatic carbocycles. The maximum absolute atomic E-state index is 13.1. The predicted molar refractivity (Wildman–Crippen MR) is 57.1 cm³/mol. The van der Waals surface area contributed by atoms with Gasteiger partial charge in [0.05, 0.1) is 10.6 Å². The summed E-state index contributed by atoms with van der Waals surface area (Å²) in [6.45, 7) is 0. The van der Waals surface area contributed by atoms with Crippen LogP contribution in [-0.2, 0) is 0 Å². The van der Waals surface area contributed by atoms with Gasteiger partial charge in [-0.15, -0.1) is 12.3 Å². The molecule has 4 heteroatoms. The van der Waals surface area contributed by atoms with Gasteiger partial charge in [-0.25, -0.2) is 8.78 Å². The van der Waals surface area contributed by atoms with Crippen LogP contribution in [0.15, 0.2) is 16.6 Å². The van der Waals surface area contributed by atoms with E-state index in [1.54, 1.807) is 0 Å². The summed E-state index contributed by atoms with van der Waals surface area (Å²) >= 11 is 2.90. The number of aliphatic hydroxyl groups excluding tert-OH is 1. The summed E-state index contributed by atoms with van der Waals surface area (Å²) in [4.78, 5) is 0. The lowest BCUT2D eigenvalue weighted by molar-refractivity contribution is 0.168. The quantitative estimate of drug-likeness (QED) is 0.663. The van der Waals surface area contributed by atoms with E-state index < -0.39 is 17.7 Å². The summed E-state index contributed by atoms with van der Waals surface area (Å²) in [6, 6.07) is 2.32. The van der Waals surface area contributed by atoms with Crippen LogP contribution in [0, 0.1) is 24.0 Å². The van der Waals surface area contributed by atoms with Crippen LogP contribution in [0.25, 0.3) is 0 Å². The van der Waals surface area contributed by atoms with E-state index in [0.717, 1.165) is 6.07 Å². The smallest absolute Gasteiger partial charge is 0.173 e. The number of terminal acetylenes is 1. The van der Waals surface area contributed by atoms with Crippen molar-refractivity contribution < 1.29 is 13.9 Å². The third-order valence-corrected chi connectivity index (χ3v) is 2.79. The number of hydrogen-bond donors (Lipinski definition) is 1. The highest BCUT2D eigenvalue weighted by Gasteiger charge is 2.16. The molecule has 0 bridgehead atoms. The van der Waals surface area contributed by atoms with E-state index in [-0.39, 0.29) is 4.47 Å². The minimum atomic E-state index is -0.993. The van der Waals surface area contributed by atoms with Gasteiger partial charge in [-0.3, -0.25) is 0 Å². The minimum Gasteiger partial charge on any atom is -0.388 e. The summed E-state index contributed by atoms with van der Waals surface area (Å²) in [6.07, 6.45) is 4.86. The van der Waals surface area contributed by atoms with Gasteiger partial charge >= 0.3 is 0 Å². The molecular formula is C11H9BrF2O. The molecule has 0 amide bonds. The standard InChI is InChI=1S/C11H9BrF2O/c1-2-3-4-9(15)7-5-6-8(13)11(14)10(7)12/h1,5-6,9,15H,3-4H2. The Hall–Kier alpha value is -0.920. The van der Waals surface area contributed by atoms with E-state index in [9.17, 15) is 13.9 Å². The summed E-state index contributed by atoms with van der Waals surface area (Å²) in [5, 5.41) is 9.63. The molecule has 0 spiro atoms. The van der Waals surface area contributed by atoms with Gasteiger partial charge in [-0.1, -0.05) is 6.07 Å². The third kappa shape index (κ3) is 2.77. The van der Waals surface area contributed by atoms with Crippen molar-refractivity contribution in [2.75, 3.05) is 0 Å². The molecule has 1 rings (SSSR count). The first-order chi connectivity index (χ1) is 7.07. The summed E-state index contributed by atoms with van der Waals surface area (Å²) in [5.41, 5.74) is 0.309. The molecule has 0 aromatic heterocycles. The lowest BCUT2D eigenvalue weighted by Gasteiger charge is -2.12. The van der Waals surface area contributed by atoms with Crippen molar-refractivity contribution in [1.29, 1.82) is 0 Å². The van der Waals surface area contributed by atoms with E-state index in [4.69, 9.17) is 6.42 Å². The van der Waals surface area contributed by atoms with E-state index in [1.807, 2.05) is 0 Å². The Morgan fingerprint density at radius 2 is 2.13 bits per heavy atom. The Labute approximate surface area is 95.2 Å². The lowest BCUT2D eigenvalue weighted by Crippen LogP contribution is -2.01. The van der Waals surface area contributed by atoms with Crippen LogP contribution in [0.3, 0.4) is 0 Å². The average molecular weight is 275 g/mol. The molecule has 15 heavy (non-hydrogen) atoms. The van der Waals surface area contributed by atoms with Crippen molar-refractivity contribution in [2.24, 2.45) is 0 Å². The number of hydrogen-bond acceptors (Lipinski definition) is 1. The molecule has 0 heterocycles. The molecule has 0 aliphatic carbocycles. The number of rotatable bonds is 3. The normalized spacial score (nSPS) is 12.2. The van der Waals surface area contributed by atoms with Gasteiger partial charge in [0.15, 0.2) is 11.6 Å². The predicted octanol–water partition coefficient (Wildman–Crippen LogP) is 3.17. The summed E-state index contributed by atoms with van der Waals surface area (Å²) < 4.78 is 25.8. The molecule has 0 saturated heterocycles. The molecule has 0 radical (unpaired) electrons. The molecule has 1 nitrogen and oxygen atoms in total. The zero-order valence-corrected chi connectivity index (χ0v) is 9.39. The maximum Gasteiger partial charge on any atom is 0.173 e. The second-order valence-corrected chi connectivity index (χ2v) is 3.82. The molecule has 1 N–H and O–H groups in total. The first-order valence-electron chi connectivity index (χ1n) is 4.32. The van der Waals surface area contributed by atoms with Crippen molar-refractivity contribution in [1.82, 2.24) is 0 Å². The van der Waals surface area contributed by atoms with E-state index in [0.29, 0.717) is 18.4 Å². The molecular weight excluding hydrogens is 266 g/mol. The molecule has 0 saturated carbocycles. The van der Waals surface area contributed by atoms with Crippen molar-refractivity contribution in [3.63, 3.8) is 0 Å². The van der Waals surface area contributed by atoms with E-state index in [1.165, 1.54) is 6.07 Å². The topological polar surface area (TPSA) is 20.2 Å². The van der Waals surface area contributed by atoms with E-state index in [2.05, 4.69) is 21.9 Å². The highest BCUT2D eigenvalue weighted by molar-refractivity contribution is 9.10. The number of aliphatic hydroxyl groups is 1. The third-order valence-electron chi connectivity index (χ3n) is 1.99. The lowest BCUT2D eigenvalue weighted by atomic mass is 10.0. The fraction of sp³-hybridized carbons (Fsp3) is 0.273. The van der Waals surface area contributed by atoms with Gasteiger partial charge in [0.25, 0.3) is 0 Å². The maximum atomic E-state index is 13.1. The van der Waals surface area contributed by atoms with Crippen LogP contribution < -0.4 is 0 Å². The van der Waals surface area contributed by atoms with Crippen LogP contribution in [0.5, 0.6) is 0 Å². The van der Waals surface area contributed by atoms with Gasteiger partial charge in [0.1, 0.15) is 0 Å². The van der Waals surface area contributed by atoms with Gasteiger partial charge < -0.3 is 5.11 Å². The fourth-order valence-corrected chi connectivity index (χ4v) is 1.76. The largest absolute Gasteiger partial charge is 0.388 e. The second-order valence-electron chi connectivity index (χ2n) is 3.02. The minimum absolute atomic E-state index is 0.0491. The molecule has 0 aliphatic rings. The number of benzene rings is 1. The van der Waals surface area contributed by atoms with Gasteiger partial charge in [0, 0.05) is 6.42 Å². The number of halogens is 3. The Morgan fingerprint density at radius 1 is 1.47 bits per heavy atom. The van der Waals surface area contributed by atoms with Crippen LogP contribution in [0.2, 0.25) is 0 Å². The van der Waals surface area contributed by atoms with Crippen LogP contribution in [-0.4, -0.2) is 5.11 Å². The van der Waals surface area contributed by atoms with Gasteiger partial charge in [-0.2, -0.15) is 0 Å². The van der Waals surface area contributed by atoms with Crippen molar-refractivity contribution in [2.45, 2.75) is 18.9 Å². The van der Waals surface area contributed by atoms with E-state index >= 15 is 0 Å². The van der Waals surface area contributed by atoms with Crippen molar-refractivity contribution in [3.05, 3.63) is 33.8 Å². The Balaban J connectivity index is 2.96. The molecule has 80 valence electrons. The van der Waals surface area contributed by atoms with Gasteiger partial charge in [-0.05, 0) is 34.0 Å².